The van der Waals surface area contributed by atoms with E-state index in [9.17, 15) is 21.6 Å². The van der Waals surface area contributed by atoms with Crippen molar-refractivity contribution in [3.63, 3.8) is 0 Å². The smallest absolute Gasteiger partial charge is 0.247 e. The van der Waals surface area contributed by atoms with Crippen molar-refractivity contribution in [1.29, 1.82) is 0 Å². The highest BCUT2D eigenvalue weighted by molar-refractivity contribution is 7.92. The summed E-state index contributed by atoms with van der Waals surface area (Å²) in [6, 6.07) is 18.2. The summed E-state index contributed by atoms with van der Waals surface area (Å²) in [7, 11) is -5.90. The Morgan fingerprint density at radius 1 is 1.02 bits per heavy atom. The highest BCUT2D eigenvalue weighted by Crippen LogP contribution is 2.36. The molecular weight excluding hydrogens is 580 g/mol. The predicted molar refractivity (Wildman–Crippen MR) is 157 cm³/mol. The minimum atomic E-state index is -3.91. The summed E-state index contributed by atoms with van der Waals surface area (Å²) < 4.78 is 60.0. The second-order valence-electron chi connectivity index (χ2n) is 10.6. The quantitative estimate of drug-likeness (QED) is 0.328. The lowest BCUT2D eigenvalue weighted by Crippen LogP contribution is -2.45. The number of anilines is 1. The van der Waals surface area contributed by atoms with Gasteiger partial charge in [-0.25, -0.2) is 16.8 Å². The van der Waals surface area contributed by atoms with E-state index in [4.69, 9.17) is 15.0 Å². The van der Waals surface area contributed by atoms with Gasteiger partial charge in [0.15, 0.2) is 19.7 Å². The second kappa shape index (κ2) is 10.6. The Kier molecular flexibility index (Phi) is 7.46. The van der Waals surface area contributed by atoms with Gasteiger partial charge in [-0.2, -0.15) is 4.98 Å². The Bertz CT molecular complexity index is 1870. The van der Waals surface area contributed by atoms with Gasteiger partial charge in [-0.1, -0.05) is 41.6 Å². The number of aromatic nitrogens is 2. The Morgan fingerprint density at radius 3 is 2.21 bits per heavy atom. The molecule has 0 saturated heterocycles. The average Bonchev–Trinajstić information content (AvgIpc) is 3.44. The molecule has 1 amide bonds. The molecule has 0 radical (unpaired) electrons. The van der Waals surface area contributed by atoms with Gasteiger partial charge in [0.2, 0.25) is 17.6 Å². The van der Waals surface area contributed by atoms with Crippen LogP contribution in [0.5, 0.6) is 5.75 Å². The maximum atomic E-state index is 13.5. The first-order valence-corrected chi connectivity index (χ1v) is 16.5. The first kappa shape index (κ1) is 29.4. The van der Waals surface area contributed by atoms with Crippen LogP contribution in [0.1, 0.15) is 25.3 Å². The molecule has 0 spiro atoms. The highest BCUT2D eigenvalue weighted by Gasteiger charge is 2.39. The number of ether oxygens (including phenoxy) is 1. The Labute approximate surface area is 244 Å². The number of nitrogens with zero attached hydrogens (tertiary/aromatic N) is 3. The SMILES string of the molecule is COc1ccc(-c2ccc(CN3C(=O)[C@@H](N)CS(=O)(=O)c4ccc(-c5noc(C(C)(C)S(C)(=O)=O)n5)cc43)cc2)cc1. The number of nitrogens with two attached hydrogens (primary N) is 1. The fourth-order valence-electron chi connectivity index (χ4n) is 4.52. The van der Waals surface area contributed by atoms with Gasteiger partial charge in [-0.15, -0.1) is 0 Å². The van der Waals surface area contributed by atoms with Crippen molar-refractivity contribution in [3.8, 4) is 28.3 Å². The van der Waals surface area contributed by atoms with Crippen LogP contribution in [0.2, 0.25) is 0 Å². The first-order chi connectivity index (χ1) is 19.7. The number of carbonyl (C=O) groups excluding carboxylic acids is 1. The number of rotatable bonds is 7. The Morgan fingerprint density at radius 2 is 1.62 bits per heavy atom. The fourth-order valence-corrected chi connectivity index (χ4v) is 6.48. The molecule has 1 aromatic heterocycles. The van der Waals surface area contributed by atoms with Crippen LogP contribution in [0.3, 0.4) is 0 Å². The molecule has 11 nitrogen and oxygen atoms in total. The van der Waals surface area contributed by atoms with Gasteiger partial charge in [-0.3, -0.25) is 4.79 Å². The van der Waals surface area contributed by atoms with E-state index in [-0.39, 0.29) is 28.8 Å². The molecule has 0 aliphatic carbocycles. The van der Waals surface area contributed by atoms with Gasteiger partial charge in [0.05, 0.1) is 36.0 Å². The van der Waals surface area contributed by atoms with Gasteiger partial charge in [0.1, 0.15) is 10.5 Å². The lowest BCUT2D eigenvalue weighted by atomic mass is 10.0. The number of hydrogen-bond acceptors (Lipinski definition) is 10. The largest absolute Gasteiger partial charge is 0.497 e. The van der Waals surface area contributed by atoms with Gasteiger partial charge >= 0.3 is 0 Å². The minimum Gasteiger partial charge on any atom is -0.497 e. The molecule has 2 N–H and O–H groups in total. The molecule has 1 aliphatic rings. The van der Waals surface area contributed by atoms with E-state index >= 15 is 0 Å². The lowest BCUT2D eigenvalue weighted by Gasteiger charge is -2.24. The summed E-state index contributed by atoms with van der Waals surface area (Å²) in [6.07, 6.45) is 1.07. The molecule has 1 aliphatic heterocycles. The normalized spacial score (nSPS) is 17.0. The number of fused-ring (bicyclic) bond motifs is 1. The monoisotopic (exact) mass is 610 g/mol. The molecule has 13 heteroatoms. The Hall–Kier alpha value is -4.07. The van der Waals surface area contributed by atoms with E-state index in [1.54, 1.807) is 7.11 Å². The van der Waals surface area contributed by atoms with Crippen molar-refractivity contribution in [2.24, 2.45) is 5.73 Å². The minimum absolute atomic E-state index is 0.0479. The summed E-state index contributed by atoms with van der Waals surface area (Å²) in [5.74, 6) is -0.419. The van der Waals surface area contributed by atoms with E-state index in [1.165, 1.54) is 36.9 Å². The van der Waals surface area contributed by atoms with Crippen molar-refractivity contribution < 1.29 is 30.9 Å². The average molecular weight is 611 g/mol. The number of carbonyl (C=O) groups is 1. The zero-order chi connectivity index (χ0) is 30.4. The van der Waals surface area contributed by atoms with Crippen molar-refractivity contribution in [1.82, 2.24) is 10.1 Å². The molecule has 5 rings (SSSR count). The van der Waals surface area contributed by atoms with E-state index in [0.29, 0.717) is 5.56 Å². The number of hydrogen-bond donors (Lipinski definition) is 1. The molecule has 0 saturated carbocycles. The number of sulfone groups is 2. The van der Waals surface area contributed by atoms with Gasteiger partial charge < -0.3 is 19.9 Å². The van der Waals surface area contributed by atoms with Crippen LogP contribution in [0.15, 0.2) is 76.1 Å². The maximum absolute atomic E-state index is 13.5. The van der Waals surface area contributed by atoms with Crippen LogP contribution < -0.4 is 15.4 Å². The van der Waals surface area contributed by atoms with E-state index in [2.05, 4.69) is 10.1 Å². The molecule has 0 unspecified atom stereocenters. The molecular formula is C29H30N4O7S2. The summed E-state index contributed by atoms with van der Waals surface area (Å²) in [4.78, 5) is 19.0. The first-order valence-electron chi connectivity index (χ1n) is 12.9. The molecule has 1 atom stereocenters. The number of amides is 1. The van der Waals surface area contributed by atoms with Gasteiger partial charge in [0.25, 0.3) is 0 Å². The third-order valence-corrected chi connectivity index (χ3v) is 11.3. The van der Waals surface area contributed by atoms with E-state index in [1.807, 2.05) is 48.5 Å². The van der Waals surface area contributed by atoms with E-state index < -0.39 is 42.1 Å². The highest BCUT2D eigenvalue weighted by atomic mass is 32.2. The van der Waals surface area contributed by atoms with E-state index in [0.717, 1.165) is 28.7 Å². The van der Waals surface area contributed by atoms with Crippen LogP contribution in [-0.4, -0.2) is 58.0 Å². The second-order valence-corrected chi connectivity index (χ2v) is 15.2. The Balaban J connectivity index is 1.53. The maximum Gasteiger partial charge on any atom is 0.247 e. The molecule has 0 fully saturated rings. The molecule has 42 heavy (non-hydrogen) atoms. The molecule has 4 aromatic rings. The summed E-state index contributed by atoms with van der Waals surface area (Å²) in [5, 5.41) is 3.93. The van der Waals surface area contributed by atoms with Gasteiger partial charge in [0, 0.05) is 11.8 Å². The van der Waals surface area contributed by atoms with Crippen molar-refractivity contribution in [3.05, 3.63) is 78.2 Å². The fraction of sp³-hybridized carbons (Fsp3) is 0.276. The third-order valence-electron chi connectivity index (χ3n) is 7.41. The number of methoxy groups -OCH3 is 1. The zero-order valence-corrected chi connectivity index (χ0v) is 25.1. The van der Waals surface area contributed by atoms with Crippen LogP contribution in [-0.2, 0) is 35.8 Å². The molecule has 2 heterocycles. The molecule has 0 bridgehead atoms. The number of benzene rings is 3. The standard InChI is InChI=1S/C29H30N4O7S2/c1-29(2,41(4,35)36)28-31-26(32-40-28)21-11-14-25-24(15-21)33(27(34)23(30)17-42(25,37)38)16-18-5-7-19(8-6-18)20-9-12-22(39-3)13-10-20/h5-15,23H,16-17,30H2,1-4H3/t23-/m0/s1. The topological polar surface area (TPSA) is 163 Å². The third kappa shape index (κ3) is 5.42. The zero-order valence-electron chi connectivity index (χ0n) is 23.4. The van der Waals surface area contributed by atoms with Crippen LogP contribution in [0.25, 0.3) is 22.5 Å². The van der Waals surface area contributed by atoms with Crippen molar-refractivity contribution in [2.75, 3.05) is 24.0 Å². The predicted octanol–water partition coefficient (Wildman–Crippen LogP) is 3.34. The molecule has 220 valence electrons. The van der Waals surface area contributed by atoms with Gasteiger partial charge in [-0.05, 0) is 60.9 Å². The van der Waals surface area contributed by atoms with Crippen molar-refractivity contribution >= 4 is 31.3 Å². The summed E-state index contributed by atoms with van der Waals surface area (Å²) >= 11 is 0. The van der Waals surface area contributed by atoms with Crippen LogP contribution >= 0.6 is 0 Å². The molecule has 3 aromatic carbocycles. The van der Waals surface area contributed by atoms with Crippen molar-refractivity contribution in [2.45, 2.75) is 36.1 Å². The van der Waals surface area contributed by atoms with Crippen LogP contribution in [0, 0.1) is 0 Å². The summed E-state index contributed by atoms with van der Waals surface area (Å²) in [6.45, 7) is 2.95. The lowest BCUT2D eigenvalue weighted by molar-refractivity contribution is -0.119. The van der Waals surface area contributed by atoms with Crippen LogP contribution in [0.4, 0.5) is 5.69 Å². The summed E-state index contributed by atoms with van der Waals surface area (Å²) in [5.41, 5.74) is 9.21.